The van der Waals surface area contributed by atoms with Crippen molar-refractivity contribution in [3.05, 3.63) is 64.7 Å². The highest BCUT2D eigenvalue weighted by atomic mass is 19.4. The van der Waals surface area contributed by atoms with Crippen LogP contribution in [0.4, 0.5) is 30.7 Å². The van der Waals surface area contributed by atoms with Crippen LogP contribution in [0.25, 0.3) is 0 Å². The molecule has 0 atom stereocenters. The van der Waals surface area contributed by atoms with Crippen molar-refractivity contribution >= 4 is 0 Å². The third-order valence-corrected chi connectivity index (χ3v) is 11.4. The summed E-state index contributed by atoms with van der Waals surface area (Å²) in [6.07, 6.45) is 5.94. The summed E-state index contributed by atoms with van der Waals surface area (Å²) in [5, 5.41) is 0. The number of rotatable bonds is 11. The van der Waals surface area contributed by atoms with Crippen LogP contribution >= 0.6 is 0 Å². The van der Waals surface area contributed by atoms with Gasteiger partial charge in [0.05, 0.1) is 12.3 Å². The quantitative estimate of drug-likeness (QED) is 0.173. The van der Waals surface area contributed by atoms with Crippen LogP contribution < -0.4 is 4.74 Å². The second kappa shape index (κ2) is 15.3. The second-order valence-corrected chi connectivity index (χ2v) is 14.4. The van der Waals surface area contributed by atoms with Gasteiger partial charge in [0.2, 0.25) is 0 Å². The first-order chi connectivity index (χ1) is 21.9. The van der Waals surface area contributed by atoms with E-state index in [1.807, 2.05) is 6.07 Å². The van der Waals surface area contributed by atoms with Crippen molar-refractivity contribution in [3.8, 4) is 5.75 Å². The summed E-state index contributed by atoms with van der Waals surface area (Å²) in [6.45, 7) is 2.24. The molecule has 3 saturated carbocycles. The van der Waals surface area contributed by atoms with Crippen LogP contribution in [0.3, 0.4) is 0 Å². The summed E-state index contributed by atoms with van der Waals surface area (Å²) in [6, 6.07) is 8.39. The van der Waals surface area contributed by atoms with Gasteiger partial charge in [0.15, 0.2) is 0 Å². The number of alkyl halides is 5. The minimum absolute atomic E-state index is 0.0800. The van der Waals surface area contributed by atoms with Crippen LogP contribution in [-0.2, 0) is 6.42 Å². The Bertz CT molecular complexity index is 1250. The number of benzene rings is 2. The van der Waals surface area contributed by atoms with Crippen molar-refractivity contribution < 1.29 is 35.5 Å². The highest BCUT2D eigenvalue weighted by Gasteiger charge is 2.45. The Labute approximate surface area is 269 Å². The Hall–Kier alpha value is -2.25. The van der Waals surface area contributed by atoms with Gasteiger partial charge in [-0.15, -0.1) is 0 Å². The zero-order valence-electron chi connectivity index (χ0n) is 27.0. The van der Waals surface area contributed by atoms with E-state index in [4.69, 9.17) is 4.74 Å². The summed E-state index contributed by atoms with van der Waals surface area (Å²) in [5.74, 6) is -0.571. The van der Waals surface area contributed by atoms with Crippen molar-refractivity contribution in [2.75, 3.05) is 0 Å². The molecule has 8 heteroatoms. The lowest BCUT2D eigenvalue weighted by Crippen LogP contribution is -2.38. The van der Waals surface area contributed by atoms with E-state index in [9.17, 15) is 17.6 Å². The van der Waals surface area contributed by atoms with E-state index < -0.39 is 41.8 Å². The molecule has 0 radical (unpaired) electrons. The van der Waals surface area contributed by atoms with Gasteiger partial charge in [-0.3, -0.25) is 0 Å². The lowest BCUT2D eigenvalue weighted by Gasteiger charge is -2.39. The highest BCUT2D eigenvalue weighted by molar-refractivity contribution is 5.31. The van der Waals surface area contributed by atoms with Crippen molar-refractivity contribution in [2.45, 2.75) is 140 Å². The number of ether oxygens (including phenoxy) is 1. The zero-order chi connectivity index (χ0) is 32.9. The molecule has 2 aromatic rings. The summed E-state index contributed by atoms with van der Waals surface area (Å²) < 4.78 is 102. The first kappa shape index (κ1) is 35.1. The van der Waals surface area contributed by atoms with E-state index in [0.29, 0.717) is 36.7 Å². The molecule has 0 unspecified atom stereocenters. The number of hydrogen-bond acceptors (Lipinski definition) is 1. The molecule has 5 rings (SSSR count). The maximum atomic E-state index is 15.4. The Kier molecular flexibility index (Phi) is 11.7. The first-order valence-corrected chi connectivity index (χ1v) is 17.6. The Morgan fingerprint density at radius 2 is 1.30 bits per heavy atom. The second-order valence-electron chi connectivity index (χ2n) is 14.4. The van der Waals surface area contributed by atoms with Crippen LogP contribution in [0, 0.1) is 35.3 Å². The van der Waals surface area contributed by atoms with Gasteiger partial charge >= 0.3 is 12.3 Å². The molecular formula is C38H49F7O. The molecule has 1 nitrogen and oxygen atoms in total. The van der Waals surface area contributed by atoms with Crippen molar-refractivity contribution in [1.82, 2.24) is 0 Å². The molecule has 2 aromatic carbocycles. The summed E-state index contributed by atoms with van der Waals surface area (Å²) in [4.78, 5) is 0. The molecule has 0 aliphatic heterocycles. The van der Waals surface area contributed by atoms with Gasteiger partial charge in [-0.05, 0) is 135 Å². The van der Waals surface area contributed by atoms with Gasteiger partial charge in [0, 0.05) is 6.07 Å². The lowest BCUT2D eigenvalue weighted by molar-refractivity contribution is -0.224. The average Bonchev–Trinajstić information content (AvgIpc) is 3.02. The number of hydrogen-bond donors (Lipinski definition) is 0. The van der Waals surface area contributed by atoms with Crippen LogP contribution in [0.1, 0.15) is 138 Å². The predicted molar refractivity (Wildman–Crippen MR) is 167 cm³/mol. The molecular weight excluding hydrogens is 605 g/mol. The predicted octanol–water partition coefficient (Wildman–Crippen LogP) is 12.7. The third kappa shape index (κ3) is 9.21. The van der Waals surface area contributed by atoms with Crippen LogP contribution in [0.2, 0.25) is 0 Å². The fourth-order valence-electron chi connectivity index (χ4n) is 8.62. The standard InChI is InChI=1S/C38H49F7O/c1-2-3-4-5-25-6-8-28(9-7-25)30-17-21-34(36(40)22-30)29-12-10-26(11-13-29)27-14-18-32(19-15-27)38(44,45)46-33-20-16-31(35(39)23-33)24-37(41,42)43/h16-17,20-23,25-29,32H,2-15,18-19,24H2,1H3. The molecule has 3 aliphatic carbocycles. The molecule has 0 bridgehead atoms. The molecule has 3 aliphatic rings. The maximum Gasteiger partial charge on any atom is 0.400 e. The van der Waals surface area contributed by atoms with Gasteiger partial charge in [0.1, 0.15) is 17.4 Å². The van der Waals surface area contributed by atoms with Crippen LogP contribution in [-0.4, -0.2) is 12.3 Å². The fourth-order valence-corrected chi connectivity index (χ4v) is 8.62. The third-order valence-electron chi connectivity index (χ3n) is 11.4. The molecule has 3 fully saturated rings. The highest BCUT2D eigenvalue weighted by Crippen LogP contribution is 2.48. The van der Waals surface area contributed by atoms with E-state index in [-0.39, 0.29) is 24.6 Å². The molecule has 0 amide bonds. The molecule has 0 N–H and O–H groups in total. The average molecular weight is 655 g/mol. The van der Waals surface area contributed by atoms with E-state index in [2.05, 4.69) is 13.0 Å². The Balaban J connectivity index is 1.06. The minimum atomic E-state index is -4.60. The lowest BCUT2D eigenvalue weighted by atomic mass is 9.68. The fraction of sp³-hybridized carbons (Fsp3) is 0.684. The maximum absolute atomic E-state index is 15.4. The molecule has 0 saturated heterocycles. The van der Waals surface area contributed by atoms with Gasteiger partial charge in [-0.25, -0.2) is 8.78 Å². The first-order valence-electron chi connectivity index (χ1n) is 17.6. The van der Waals surface area contributed by atoms with Gasteiger partial charge in [-0.2, -0.15) is 22.0 Å². The summed E-state index contributed by atoms with van der Waals surface area (Å²) in [5.41, 5.74) is 1.35. The summed E-state index contributed by atoms with van der Waals surface area (Å²) in [7, 11) is 0. The molecule has 256 valence electrons. The van der Waals surface area contributed by atoms with Crippen LogP contribution in [0.15, 0.2) is 36.4 Å². The monoisotopic (exact) mass is 654 g/mol. The van der Waals surface area contributed by atoms with Crippen molar-refractivity contribution in [3.63, 3.8) is 0 Å². The van der Waals surface area contributed by atoms with Crippen molar-refractivity contribution in [1.29, 1.82) is 0 Å². The minimum Gasteiger partial charge on any atom is -0.432 e. The largest absolute Gasteiger partial charge is 0.432 e. The number of halogens is 7. The van der Waals surface area contributed by atoms with Gasteiger partial charge in [-0.1, -0.05) is 50.8 Å². The molecule has 0 heterocycles. The van der Waals surface area contributed by atoms with E-state index in [1.54, 1.807) is 6.07 Å². The van der Waals surface area contributed by atoms with Gasteiger partial charge in [0.25, 0.3) is 0 Å². The molecule has 0 aromatic heterocycles. The normalized spacial score (nSPS) is 27.8. The van der Waals surface area contributed by atoms with E-state index in [0.717, 1.165) is 67.7 Å². The topological polar surface area (TPSA) is 9.23 Å². The molecule has 0 spiro atoms. The zero-order valence-corrected chi connectivity index (χ0v) is 27.0. The van der Waals surface area contributed by atoms with E-state index in [1.165, 1.54) is 38.5 Å². The SMILES string of the molecule is CCCCCC1CCC(c2ccc(C3CCC(C4CCC(C(F)(F)Oc5ccc(CC(F)(F)F)c(F)c5)CC4)CC3)c(F)c2)CC1. The Morgan fingerprint density at radius 3 is 1.89 bits per heavy atom. The smallest absolute Gasteiger partial charge is 0.400 e. The number of unbranched alkanes of at least 4 members (excludes halogenated alkanes) is 2. The van der Waals surface area contributed by atoms with E-state index >= 15 is 13.2 Å². The Morgan fingerprint density at radius 1 is 0.674 bits per heavy atom. The van der Waals surface area contributed by atoms with Gasteiger partial charge < -0.3 is 4.74 Å². The van der Waals surface area contributed by atoms with Crippen molar-refractivity contribution in [2.24, 2.45) is 23.7 Å². The molecule has 46 heavy (non-hydrogen) atoms. The van der Waals surface area contributed by atoms with Crippen LogP contribution in [0.5, 0.6) is 5.75 Å². The summed E-state index contributed by atoms with van der Waals surface area (Å²) >= 11 is 0.